The van der Waals surface area contributed by atoms with E-state index in [-0.39, 0.29) is 35.7 Å². The van der Waals surface area contributed by atoms with Gasteiger partial charge in [0.15, 0.2) is 5.78 Å². The van der Waals surface area contributed by atoms with Gasteiger partial charge < -0.3 is 20.8 Å². The lowest BCUT2D eigenvalue weighted by atomic mass is 9.70. The number of nitrogens with one attached hydrogen (secondary N) is 3. The molecule has 2 amide bonds. The van der Waals surface area contributed by atoms with Crippen molar-refractivity contribution in [2.24, 2.45) is 28.6 Å². The Kier molecular flexibility index (Phi) is 11.3. The first-order chi connectivity index (χ1) is 20.5. The lowest BCUT2D eigenvalue weighted by Gasteiger charge is -2.36. The van der Waals surface area contributed by atoms with Gasteiger partial charge in [0.25, 0.3) is 0 Å². The molecule has 13 heteroatoms. The van der Waals surface area contributed by atoms with Gasteiger partial charge in [-0.15, -0.1) is 0 Å². The average Bonchev–Trinajstić information content (AvgIpc) is 3.27. The highest BCUT2D eigenvalue weighted by Crippen LogP contribution is 2.64. The van der Waals surface area contributed by atoms with Gasteiger partial charge in [-0.3, -0.25) is 24.0 Å². The molecule has 12 nitrogen and oxygen atoms in total. The van der Waals surface area contributed by atoms with Gasteiger partial charge in [-0.05, 0) is 60.6 Å². The number of phenolic OH excluding ortho intramolecular Hbond substituents is 1. The summed E-state index contributed by atoms with van der Waals surface area (Å²) >= 11 is 0. The van der Waals surface area contributed by atoms with Crippen LogP contribution in [-0.2, 0) is 40.4 Å². The molecule has 4 atom stereocenters. The predicted octanol–water partition coefficient (Wildman–Crippen LogP) is 1.95. The molecule has 244 valence electrons. The van der Waals surface area contributed by atoms with Crippen LogP contribution in [0.4, 0.5) is 0 Å². The number of fused-ring (bicyclic) bond motifs is 2. The second-order valence-corrected chi connectivity index (χ2v) is 14.9. The number of rotatable bonds is 17. The van der Waals surface area contributed by atoms with Crippen LogP contribution in [0.2, 0.25) is 0 Å². The van der Waals surface area contributed by atoms with Crippen LogP contribution in [0.15, 0.2) is 24.3 Å². The molecule has 0 spiro atoms. The third kappa shape index (κ3) is 8.44. The number of aliphatic carboxylic acids is 1. The number of aryl methyl sites for hydroxylation is 1. The van der Waals surface area contributed by atoms with Gasteiger partial charge in [0, 0.05) is 30.7 Å². The second-order valence-electron chi connectivity index (χ2n) is 13.0. The highest BCUT2D eigenvalue weighted by molar-refractivity contribution is 7.89. The number of sulfonamides is 1. The van der Waals surface area contributed by atoms with Crippen LogP contribution in [0.3, 0.4) is 0 Å². The molecule has 0 aliphatic heterocycles. The van der Waals surface area contributed by atoms with Gasteiger partial charge in [-0.25, -0.2) is 13.1 Å². The molecule has 3 rings (SSSR count). The van der Waals surface area contributed by atoms with Gasteiger partial charge >= 0.3 is 5.97 Å². The molecule has 0 radical (unpaired) electrons. The van der Waals surface area contributed by atoms with Crippen molar-refractivity contribution in [3.8, 4) is 5.75 Å². The standard InChI is InChI=1S/C31H45N3O9S/c1-19(2)23(15-27(38)32-13-5-6-20-7-9-22(35)10-8-20)29(41)34-24(16-28(39)40)25(36)17-33-44(42,43)18-31-12-11-21(14-26(31)37)30(31,3)4/h7-10,19,21,23-24,33,35H,5-6,11-18H2,1-4H3,(H,32,38)(H,34,41)(H,39,40). The summed E-state index contributed by atoms with van der Waals surface area (Å²) in [7, 11) is -4.09. The fraction of sp³-hybridized carbons (Fsp3) is 0.645. The maximum atomic E-state index is 13.2. The minimum absolute atomic E-state index is 0.0902. The number of carboxylic acids is 1. The lowest BCUT2D eigenvalue weighted by Crippen LogP contribution is -2.51. The molecule has 0 saturated heterocycles. The Morgan fingerprint density at radius 3 is 2.27 bits per heavy atom. The topological polar surface area (TPSA) is 196 Å². The zero-order valence-corrected chi connectivity index (χ0v) is 26.7. The Morgan fingerprint density at radius 2 is 1.73 bits per heavy atom. The number of carbonyl (C=O) groups excluding carboxylic acids is 4. The number of carboxylic acid groups (broad SMARTS) is 1. The molecule has 5 N–H and O–H groups in total. The van der Waals surface area contributed by atoms with Crippen molar-refractivity contribution < 1.29 is 42.6 Å². The van der Waals surface area contributed by atoms with Crippen molar-refractivity contribution in [2.75, 3.05) is 18.8 Å². The first-order valence-electron chi connectivity index (χ1n) is 15.1. The number of phenols is 1. The SMILES string of the molecule is CC(C)C(CC(=O)NCCCc1ccc(O)cc1)C(=O)NC(CC(=O)O)C(=O)CNS(=O)(=O)CC12CCC(CC1=O)C2(C)C. The summed E-state index contributed by atoms with van der Waals surface area (Å²) < 4.78 is 28.3. The van der Waals surface area contributed by atoms with Crippen molar-refractivity contribution in [2.45, 2.75) is 78.7 Å². The van der Waals surface area contributed by atoms with Crippen molar-refractivity contribution in [1.29, 1.82) is 0 Å². The molecule has 44 heavy (non-hydrogen) atoms. The third-order valence-electron chi connectivity index (χ3n) is 9.57. The van der Waals surface area contributed by atoms with E-state index in [1.54, 1.807) is 38.1 Å². The lowest BCUT2D eigenvalue weighted by molar-refractivity contribution is -0.141. The number of ketones is 2. The van der Waals surface area contributed by atoms with Crippen LogP contribution >= 0.6 is 0 Å². The summed E-state index contributed by atoms with van der Waals surface area (Å²) in [5, 5.41) is 23.9. The molecule has 2 aliphatic carbocycles. The van der Waals surface area contributed by atoms with E-state index >= 15 is 0 Å². The van der Waals surface area contributed by atoms with Crippen LogP contribution < -0.4 is 15.4 Å². The number of hydrogen-bond donors (Lipinski definition) is 5. The van der Waals surface area contributed by atoms with E-state index in [4.69, 9.17) is 0 Å². The summed E-state index contributed by atoms with van der Waals surface area (Å²) in [5.74, 6) is -4.72. The van der Waals surface area contributed by atoms with E-state index in [1.165, 1.54) is 0 Å². The first kappa shape index (κ1) is 35.2. The predicted molar refractivity (Wildman–Crippen MR) is 162 cm³/mol. The number of amides is 2. The molecule has 2 saturated carbocycles. The largest absolute Gasteiger partial charge is 0.508 e. The Labute approximate surface area is 258 Å². The summed E-state index contributed by atoms with van der Waals surface area (Å²) in [5.41, 5.74) is -0.526. The van der Waals surface area contributed by atoms with Crippen molar-refractivity contribution in [3.05, 3.63) is 29.8 Å². The smallest absolute Gasteiger partial charge is 0.305 e. The van der Waals surface area contributed by atoms with Crippen LogP contribution in [0.25, 0.3) is 0 Å². The Bertz CT molecular complexity index is 1360. The summed E-state index contributed by atoms with van der Waals surface area (Å²) in [6.07, 6.45) is 1.91. The highest BCUT2D eigenvalue weighted by Gasteiger charge is 2.65. The number of carbonyl (C=O) groups is 5. The van der Waals surface area contributed by atoms with Crippen molar-refractivity contribution in [1.82, 2.24) is 15.4 Å². The molecule has 0 heterocycles. The van der Waals surface area contributed by atoms with Crippen LogP contribution in [-0.4, -0.2) is 72.9 Å². The molecule has 0 aromatic heterocycles. The van der Waals surface area contributed by atoms with E-state index in [2.05, 4.69) is 15.4 Å². The van der Waals surface area contributed by atoms with E-state index in [0.29, 0.717) is 32.2 Å². The van der Waals surface area contributed by atoms with Crippen LogP contribution in [0, 0.1) is 28.6 Å². The van der Waals surface area contributed by atoms with E-state index < -0.39 is 69.2 Å². The molecule has 2 fully saturated rings. The Balaban J connectivity index is 1.55. The van der Waals surface area contributed by atoms with E-state index in [9.17, 15) is 42.6 Å². The molecule has 4 unspecified atom stereocenters. The Morgan fingerprint density at radius 1 is 1.07 bits per heavy atom. The van der Waals surface area contributed by atoms with Crippen LogP contribution in [0.1, 0.15) is 71.8 Å². The zero-order valence-electron chi connectivity index (χ0n) is 25.9. The zero-order chi connectivity index (χ0) is 32.9. The maximum Gasteiger partial charge on any atom is 0.305 e. The minimum atomic E-state index is -4.09. The quantitative estimate of drug-likeness (QED) is 0.159. The number of benzene rings is 1. The number of aromatic hydroxyl groups is 1. The van der Waals surface area contributed by atoms with Crippen molar-refractivity contribution in [3.63, 3.8) is 0 Å². The monoisotopic (exact) mass is 635 g/mol. The fourth-order valence-corrected chi connectivity index (χ4v) is 8.36. The highest BCUT2D eigenvalue weighted by atomic mass is 32.2. The van der Waals surface area contributed by atoms with Gasteiger partial charge in [0.1, 0.15) is 11.5 Å². The number of hydrogen-bond acceptors (Lipinski definition) is 8. The maximum absolute atomic E-state index is 13.2. The van der Waals surface area contributed by atoms with E-state index in [1.807, 2.05) is 13.8 Å². The van der Waals surface area contributed by atoms with Crippen molar-refractivity contribution >= 4 is 39.4 Å². The average molecular weight is 636 g/mol. The molecular weight excluding hydrogens is 590 g/mol. The summed E-state index contributed by atoms with van der Waals surface area (Å²) in [4.78, 5) is 63.0. The molecule has 2 bridgehead atoms. The Hall–Kier alpha value is -3.32. The summed E-state index contributed by atoms with van der Waals surface area (Å²) in [6, 6.07) is 5.22. The molecule has 1 aromatic rings. The van der Waals surface area contributed by atoms with E-state index in [0.717, 1.165) is 12.0 Å². The molecular formula is C31H45N3O9S. The normalized spacial score (nSPS) is 22.0. The first-order valence-corrected chi connectivity index (χ1v) is 16.7. The van der Waals surface area contributed by atoms with Gasteiger partial charge in [0.2, 0.25) is 21.8 Å². The summed E-state index contributed by atoms with van der Waals surface area (Å²) in [6.45, 7) is 6.86. The van der Waals surface area contributed by atoms with Gasteiger partial charge in [-0.2, -0.15) is 0 Å². The molecule has 1 aromatic carbocycles. The number of Topliss-reactive ketones (excluding diaryl/α,β-unsaturated/α-hetero) is 2. The second kappa shape index (κ2) is 14.2. The van der Waals surface area contributed by atoms with Crippen LogP contribution in [0.5, 0.6) is 5.75 Å². The molecule has 2 aliphatic rings. The van der Waals surface area contributed by atoms with Gasteiger partial charge in [-0.1, -0.05) is 39.8 Å². The fourth-order valence-electron chi connectivity index (χ4n) is 6.57. The minimum Gasteiger partial charge on any atom is -0.508 e. The third-order valence-corrected chi connectivity index (χ3v) is 11.0. The van der Waals surface area contributed by atoms with Gasteiger partial charge in [0.05, 0.1) is 24.8 Å².